The summed E-state index contributed by atoms with van der Waals surface area (Å²) in [5.41, 5.74) is 5.11. The maximum absolute atomic E-state index is 12.4. The Morgan fingerprint density at radius 3 is 2.68 bits per heavy atom. The second kappa shape index (κ2) is 8.48. The average Bonchev–Trinajstić information content (AvgIpc) is 3.03. The number of hydrogen-bond donors (Lipinski definition) is 1. The molecule has 0 fully saturated rings. The first kappa shape index (κ1) is 19.9. The van der Waals surface area contributed by atoms with E-state index >= 15 is 0 Å². The minimum Gasteiger partial charge on any atom is -0.378 e. The summed E-state index contributed by atoms with van der Waals surface area (Å²) in [6, 6.07) is 14.2. The normalized spacial score (nSPS) is 10.8. The van der Waals surface area contributed by atoms with Gasteiger partial charge in [-0.15, -0.1) is 10.2 Å². The Morgan fingerprint density at radius 2 is 1.93 bits per heavy atom. The van der Waals surface area contributed by atoms with Crippen molar-refractivity contribution in [2.24, 2.45) is 7.05 Å². The Kier molecular flexibility index (Phi) is 6.04. The highest BCUT2D eigenvalue weighted by molar-refractivity contribution is 7.99. The third kappa shape index (κ3) is 4.54. The Balaban J connectivity index is 1.68. The van der Waals surface area contributed by atoms with Gasteiger partial charge < -0.3 is 14.8 Å². The van der Waals surface area contributed by atoms with Crippen LogP contribution in [0.2, 0.25) is 0 Å². The maximum Gasteiger partial charge on any atom is 0.234 e. The lowest BCUT2D eigenvalue weighted by Gasteiger charge is -2.13. The highest BCUT2D eigenvalue weighted by Gasteiger charge is 2.14. The molecule has 6 nitrogen and oxygen atoms in total. The number of carbonyl (C=O) groups is 1. The lowest BCUT2D eigenvalue weighted by atomic mass is 10.1. The molecule has 3 aromatic rings. The van der Waals surface area contributed by atoms with Gasteiger partial charge in [0.15, 0.2) is 11.0 Å². The maximum atomic E-state index is 12.4. The molecule has 0 saturated carbocycles. The van der Waals surface area contributed by atoms with Crippen LogP contribution < -0.4 is 10.2 Å². The quantitative estimate of drug-likeness (QED) is 0.642. The molecule has 3 rings (SSSR count). The van der Waals surface area contributed by atoms with Gasteiger partial charge in [-0.05, 0) is 43.2 Å². The Bertz CT molecular complexity index is 996. The van der Waals surface area contributed by atoms with Crippen LogP contribution in [0.5, 0.6) is 0 Å². The highest BCUT2D eigenvalue weighted by Crippen LogP contribution is 2.26. The summed E-state index contributed by atoms with van der Waals surface area (Å²) in [6.07, 6.45) is 0. The summed E-state index contributed by atoms with van der Waals surface area (Å²) in [4.78, 5) is 14.4. The van der Waals surface area contributed by atoms with E-state index in [4.69, 9.17) is 0 Å². The van der Waals surface area contributed by atoms with Crippen LogP contribution in [0.4, 0.5) is 11.4 Å². The predicted molar refractivity (Wildman–Crippen MR) is 116 cm³/mol. The highest BCUT2D eigenvalue weighted by atomic mass is 32.2. The summed E-state index contributed by atoms with van der Waals surface area (Å²) in [5, 5.41) is 12.3. The van der Waals surface area contributed by atoms with Crippen molar-refractivity contribution in [1.29, 1.82) is 0 Å². The van der Waals surface area contributed by atoms with Crippen molar-refractivity contribution in [2.45, 2.75) is 19.0 Å². The first-order valence-corrected chi connectivity index (χ1v) is 10.0. The van der Waals surface area contributed by atoms with Crippen LogP contribution in [0.25, 0.3) is 11.4 Å². The van der Waals surface area contributed by atoms with E-state index in [0.717, 1.165) is 33.9 Å². The van der Waals surface area contributed by atoms with Crippen LogP contribution in [-0.4, -0.2) is 40.5 Å². The zero-order valence-electron chi connectivity index (χ0n) is 16.9. The molecule has 0 bridgehead atoms. The van der Waals surface area contributed by atoms with Crippen molar-refractivity contribution in [3.8, 4) is 11.4 Å². The number of carbonyl (C=O) groups excluding carboxylic acids is 1. The topological polar surface area (TPSA) is 63.1 Å². The third-order valence-electron chi connectivity index (χ3n) is 4.46. The number of benzene rings is 2. The lowest BCUT2D eigenvalue weighted by Crippen LogP contribution is -2.15. The van der Waals surface area contributed by atoms with Crippen LogP contribution >= 0.6 is 11.8 Å². The van der Waals surface area contributed by atoms with Crippen LogP contribution in [-0.2, 0) is 11.8 Å². The van der Waals surface area contributed by atoms with Gasteiger partial charge >= 0.3 is 0 Å². The summed E-state index contributed by atoms with van der Waals surface area (Å²) >= 11 is 1.38. The molecule has 0 atom stereocenters. The van der Waals surface area contributed by atoms with Gasteiger partial charge in [0.2, 0.25) is 5.91 Å². The molecule has 0 unspecified atom stereocenters. The zero-order chi connectivity index (χ0) is 20.3. The molecule has 1 aromatic heterocycles. The van der Waals surface area contributed by atoms with Crippen LogP contribution in [0.1, 0.15) is 11.1 Å². The largest absolute Gasteiger partial charge is 0.378 e. The molecule has 0 spiro atoms. The number of thioether (sulfide) groups is 1. The van der Waals surface area contributed by atoms with Gasteiger partial charge in [0.25, 0.3) is 0 Å². The number of hydrogen-bond acceptors (Lipinski definition) is 5. The Hall–Kier alpha value is -2.80. The first-order valence-electron chi connectivity index (χ1n) is 9.02. The number of amides is 1. The van der Waals surface area contributed by atoms with Gasteiger partial charge in [-0.2, -0.15) is 0 Å². The molecule has 2 aromatic carbocycles. The van der Waals surface area contributed by atoms with Crippen molar-refractivity contribution in [2.75, 3.05) is 30.1 Å². The molecular weight excluding hydrogens is 370 g/mol. The molecule has 1 amide bonds. The second-order valence-electron chi connectivity index (χ2n) is 6.97. The molecule has 28 heavy (non-hydrogen) atoms. The van der Waals surface area contributed by atoms with Gasteiger partial charge in [-0.25, -0.2) is 0 Å². The smallest absolute Gasteiger partial charge is 0.234 e. The van der Waals surface area contributed by atoms with Crippen LogP contribution in [0.15, 0.2) is 47.6 Å². The molecule has 0 radical (unpaired) electrons. The molecule has 1 heterocycles. The average molecular weight is 396 g/mol. The van der Waals surface area contributed by atoms with E-state index in [0.29, 0.717) is 5.16 Å². The summed E-state index contributed by atoms with van der Waals surface area (Å²) in [6.45, 7) is 4.00. The molecule has 0 saturated heterocycles. The molecule has 1 N–H and O–H groups in total. The predicted octanol–water partition coefficient (Wildman–Crippen LogP) is 3.90. The fourth-order valence-corrected chi connectivity index (χ4v) is 3.51. The monoisotopic (exact) mass is 395 g/mol. The summed E-state index contributed by atoms with van der Waals surface area (Å²) in [5.74, 6) is 0.996. The number of aromatic nitrogens is 3. The second-order valence-corrected chi connectivity index (χ2v) is 7.91. The van der Waals surface area contributed by atoms with Gasteiger partial charge in [0.05, 0.1) is 5.75 Å². The number of anilines is 2. The van der Waals surface area contributed by atoms with Gasteiger partial charge in [0.1, 0.15) is 0 Å². The van der Waals surface area contributed by atoms with E-state index in [-0.39, 0.29) is 11.7 Å². The van der Waals surface area contributed by atoms with E-state index < -0.39 is 0 Å². The van der Waals surface area contributed by atoms with E-state index in [1.165, 1.54) is 11.8 Å². The number of nitrogens with zero attached hydrogens (tertiary/aromatic N) is 4. The molecule has 0 aliphatic rings. The fourth-order valence-electron chi connectivity index (χ4n) is 2.80. The van der Waals surface area contributed by atoms with E-state index in [2.05, 4.69) is 21.6 Å². The number of rotatable bonds is 6. The zero-order valence-corrected chi connectivity index (χ0v) is 17.7. The van der Waals surface area contributed by atoms with Crippen molar-refractivity contribution in [3.63, 3.8) is 0 Å². The van der Waals surface area contributed by atoms with Crippen molar-refractivity contribution < 1.29 is 4.79 Å². The van der Waals surface area contributed by atoms with Crippen molar-refractivity contribution in [3.05, 3.63) is 53.6 Å². The molecular formula is C21H25N5OS. The molecule has 146 valence electrons. The van der Waals surface area contributed by atoms with Gasteiger partial charge in [-0.1, -0.05) is 36.0 Å². The summed E-state index contributed by atoms with van der Waals surface area (Å²) in [7, 11) is 5.93. The molecule has 7 heteroatoms. The minimum absolute atomic E-state index is 0.0575. The number of aryl methyl sites for hydroxylation is 2. The van der Waals surface area contributed by atoms with Gasteiger partial charge in [-0.3, -0.25) is 4.79 Å². The fraction of sp³-hybridized carbons (Fsp3) is 0.286. The summed E-state index contributed by atoms with van der Waals surface area (Å²) < 4.78 is 1.92. The van der Waals surface area contributed by atoms with Crippen LogP contribution in [0, 0.1) is 13.8 Å². The molecule has 0 aliphatic heterocycles. The van der Waals surface area contributed by atoms with Crippen molar-refractivity contribution >= 4 is 29.0 Å². The SMILES string of the molecule is Cc1ccc(C)c(NC(=O)CSc2nnc(-c3cccc(N(C)C)c3)n2C)c1. The van der Waals surface area contributed by atoms with Crippen molar-refractivity contribution in [1.82, 2.24) is 14.8 Å². The van der Waals surface area contributed by atoms with Gasteiger partial charge in [0, 0.05) is 38.1 Å². The van der Waals surface area contributed by atoms with E-state index in [1.807, 2.05) is 80.9 Å². The van der Waals surface area contributed by atoms with Crippen LogP contribution in [0.3, 0.4) is 0 Å². The lowest BCUT2D eigenvalue weighted by molar-refractivity contribution is -0.113. The standard InChI is InChI=1S/C21H25N5OS/c1-14-9-10-15(2)18(11-14)22-19(27)13-28-21-24-23-20(26(21)5)16-7-6-8-17(12-16)25(3)4/h6-12H,13H2,1-5H3,(H,22,27). The minimum atomic E-state index is -0.0575. The number of nitrogens with one attached hydrogen (secondary N) is 1. The van der Waals surface area contributed by atoms with E-state index in [1.54, 1.807) is 0 Å². The molecule has 0 aliphatic carbocycles. The van der Waals surface area contributed by atoms with E-state index in [9.17, 15) is 4.79 Å². The Labute approximate surface area is 170 Å². The third-order valence-corrected chi connectivity index (χ3v) is 5.48. The first-order chi connectivity index (χ1) is 13.3. The Morgan fingerprint density at radius 1 is 1.14 bits per heavy atom.